The molecule has 0 radical (unpaired) electrons. The zero-order valence-electron chi connectivity index (χ0n) is 14.2. The number of nitrogens with zero attached hydrogens (tertiary/aromatic N) is 2. The number of hydrogen-bond donors (Lipinski definition) is 1. The summed E-state index contributed by atoms with van der Waals surface area (Å²) in [7, 11) is 0. The van der Waals surface area contributed by atoms with E-state index >= 15 is 0 Å². The molecule has 0 aromatic rings. The summed E-state index contributed by atoms with van der Waals surface area (Å²) in [5.41, 5.74) is -1.31. The Morgan fingerprint density at radius 2 is 1.67 bits per heavy atom. The number of hydroxylamine groups is 2. The number of imide groups is 1. The first-order valence-electron chi connectivity index (χ1n) is 7.65. The quantitative estimate of drug-likeness (QED) is 0.755. The molecule has 2 unspecified atom stereocenters. The van der Waals surface area contributed by atoms with Crippen LogP contribution in [0, 0.1) is 11.3 Å². The number of likely N-dealkylation sites (tertiary alicyclic amines) is 1. The lowest BCUT2D eigenvalue weighted by Crippen LogP contribution is -2.55. The van der Waals surface area contributed by atoms with Crippen molar-refractivity contribution >= 4 is 11.8 Å². The molecule has 0 aliphatic carbocycles. The molecule has 0 aromatic heterocycles. The van der Waals surface area contributed by atoms with Crippen LogP contribution in [0.25, 0.3) is 0 Å². The zero-order chi connectivity index (χ0) is 16.4. The third-order valence-corrected chi connectivity index (χ3v) is 5.17. The average molecular weight is 296 g/mol. The Morgan fingerprint density at radius 1 is 1.14 bits per heavy atom. The molecule has 2 fully saturated rings. The van der Waals surface area contributed by atoms with Crippen LogP contribution in [0.4, 0.5) is 0 Å². The lowest BCUT2D eigenvalue weighted by Gasteiger charge is -2.38. The SMILES string of the molecule is CC(C)(C)C1CC(=O)N(C2CC(C)(C)N(O)C2(C)C)C1=O. The van der Waals surface area contributed by atoms with E-state index in [0.717, 1.165) is 0 Å². The van der Waals surface area contributed by atoms with Crippen LogP contribution in [0.3, 0.4) is 0 Å². The van der Waals surface area contributed by atoms with Crippen molar-refractivity contribution in [2.24, 2.45) is 11.3 Å². The molecule has 0 aromatic carbocycles. The van der Waals surface area contributed by atoms with Gasteiger partial charge in [0.05, 0.1) is 17.5 Å². The summed E-state index contributed by atoms with van der Waals surface area (Å²) < 4.78 is 0. The minimum atomic E-state index is -0.637. The van der Waals surface area contributed by atoms with Gasteiger partial charge in [-0.2, -0.15) is 5.06 Å². The normalized spacial score (nSPS) is 33.0. The Morgan fingerprint density at radius 3 is 2.00 bits per heavy atom. The molecule has 0 saturated carbocycles. The highest BCUT2D eigenvalue weighted by Gasteiger charge is 2.58. The smallest absolute Gasteiger partial charge is 0.233 e. The van der Waals surface area contributed by atoms with E-state index in [1.807, 2.05) is 48.5 Å². The van der Waals surface area contributed by atoms with Gasteiger partial charge in [0.1, 0.15) is 0 Å². The monoisotopic (exact) mass is 296 g/mol. The largest absolute Gasteiger partial charge is 0.313 e. The fourth-order valence-corrected chi connectivity index (χ4v) is 3.79. The molecule has 2 aliphatic heterocycles. The number of carbonyl (C=O) groups is 2. The van der Waals surface area contributed by atoms with E-state index in [1.54, 1.807) is 0 Å². The van der Waals surface area contributed by atoms with Crippen LogP contribution in [-0.4, -0.2) is 44.1 Å². The lowest BCUT2D eigenvalue weighted by molar-refractivity contribution is -0.198. The number of hydrogen-bond acceptors (Lipinski definition) is 4. The third-order valence-electron chi connectivity index (χ3n) is 5.17. The maximum Gasteiger partial charge on any atom is 0.233 e. The number of carbonyl (C=O) groups excluding carboxylic acids is 2. The molecule has 21 heavy (non-hydrogen) atoms. The van der Waals surface area contributed by atoms with Crippen molar-refractivity contribution in [2.45, 2.75) is 78.4 Å². The van der Waals surface area contributed by atoms with E-state index in [2.05, 4.69) is 0 Å². The molecule has 0 bridgehead atoms. The average Bonchev–Trinajstić information content (AvgIpc) is 2.67. The van der Waals surface area contributed by atoms with Crippen molar-refractivity contribution in [2.75, 3.05) is 0 Å². The number of rotatable bonds is 1. The standard InChI is InChI=1S/C16H28N2O3/c1-14(2,3)10-8-12(19)17(13(10)20)11-9-15(4,5)18(21)16(11,6)7/h10-11,21H,8-9H2,1-7H3. The molecule has 2 atom stereocenters. The first-order valence-corrected chi connectivity index (χ1v) is 7.65. The van der Waals surface area contributed by atoms with Crippen LogP contribution in [0.1, 0.15) is 61.3 Å². The van der Waals surface area contributed by atoms with Gasteiger partial charge in [0, 0.05) is 12.0 Å². The Hall–Kier alpha value is -0.940. The first kappa shape index (κ1) is 16.4. The van der Waals surface area contributed by atoms with Crippen LogP contribution < -0.4 is 0 Å². The summed E-state index contributed by atoms with van der Waals surface area (Å²) in [4.78, 5) is 26.6. The van der Waals surface area contributed by atoms with E-state index in [0.29, 0.717) is 6.42 Å². The summed E-state index contributed by atoms with van der Waals surface area (Å²) in [5, 5.41) is 11.7. The highest BCUT2D eigenvalue weighted by atomic mass is 16.5. The van der Waals surface area contributed by atoms with Gasteiger partial charge in [0.2, 0.25) is 11.8 Å². The van der Waals surface area contributed by atoms with Crippen LogP contribution in [-0.2, 0) is 9.59 Å². The van der Waals surface area contributed by atoms with Gasteiger partial charge in [-0.25, -0.2) is 0 Å². The molecule has 120 valence electrons. The van der Waals surface area contributed by atoms with E-state index in [9.17, 15) is 14.8 Å². The summed E-state index contributed by atoms with van der Waals surface area (Å²) in [5.74, 6) is -0.461. The van der Waals surface area contributed by atoms with Crippen molar-refractivity contribution in [1.82, 2.24) is 9.96 Å². The highest BCUT2D eigenvalue weighted by molar-refractivity contribution is 6.04. The van der Waals surface area contributed by atoms with E-state index < -0.39 is 11.1 Å². The molecular formula is C16H28N2O3. The molecule has 2 heterocycles. The van der Waals surface area contributed by atoms with Crippen molar-refractivity contribution in [3.05, 3.63) is 0 Å². The van der Waals surface area contributed by atoms with Crippen LogP contribution in [0.2, 0.25) is 0 Å². The second kappa shape index (κ2) is 4.53. The van der Waals surface area contributed by atoms with E-state index in [-0.39, 0.29) is 35.6 Å². The molecular weight excluding hydrogens is 268 g/mol. The Balaban J connectivity index is 2.35. The van der Waals surface area contributed by atoms with Gasteiger partial charge in [-0.3, -0.25) is 14.5 Å². The molecule has 1 N–H and O–H groups in total. The van der Waals surface area contributed by atoms with Crippen molar-refractivity contribution in [1.29, 1.82) is 0 Å². The summed E-state index contributed by atoms with van der Waals surface area (Å²) in [6.45, 7) is 13.6. The highest BCUT2D eigenvalue weighted by Crippen LogP contribution is 2.45. The fourth-order valence-electron chi connectivity index (χ4n) is 3.79. The Bertz CT molecular complexity index is 476. The zero-order valence-corrected chi connectivity index (χ0v) is 14.2. The molecule has 2 aliphatic rings. The van der Waals surface area contributed by atoms with E-state index in [1.165, 1.54) is 9.96 Å². The Kier molecular flexibility index (Phi) is 3.54. The third kappa shape index (κ3) is 2.40. The molecule has 2 rings (SSSR count). The molecule has 2 amide bonds. The summed E-state index contributed by atoms with van der Waals surface area (Å²) in [6.07, 6.45) is 0.867. The summed E-state index contributed by atoms with van der Waals surface area (Å²) >= 11 is 0. The first-order chi connectivity index (χ1) is 9.30. The maximum atomic E-state index is 12.8. The molecule has 2 saturated heterocycles. The van der Waals surface area contributed by atoms with Crippen molar-refractivity contribution < 1.29 is 14.8 Å². The lowest BCUT2D eigenvalue weighted by atomic mass is 9.79. The minimum Gasteiger partial charge on any atom is -0.313 e. The molecule has 0 spiro atoms. The number of amides is 2. The predicted molar refractivity (Wildman–Crippen MR) is 79.6 cm³/mol. The van der Waals surface area contributed by atoms with Crippen LogP contribution in [0.5, 0.6) is 0 Å². The topological polar surface area (TPSA) is 60.9 Å². The summed E-state index contributed by atoms with van der Waals surface area (Å²) in [6, 6.07) is -0.287. The van der Waals surface area contributed by atoms with Gasteiger partial charge in [0.25, 0.3) is 0 Å². The van der Waals surface area contributed by atoms with Gasteiger partial charge >= 0.3 is 0 Å². The molecule has 5 nitrogen and oxygen atoms in total. The fraction of sp³-hybridized carbons (Fsp3) is 0.875. The van der Waals surface area contributed by atoms with Gasteiger partial charge in [-0.05, 0) is 39.5 Å². The Labute approximate surface area is 127 Å². The van der Waals surface area contributed by atoms with Crippen molar-refractivity contribution in [3.63, 3.8) is 0 Å². The van der Waals surface area contributed by atoms with Crippen molar-refractivity contribution in [3.8, 4) is 0 Å². The van der Waals surface area contributed by atoms with Gasteiger partial charge < -0.3 is 5.21 Å². The second-order valence-corrected chi connectivity index (χ2v) is 8.72. The minimum absolute atomic E-state index is 0.0864. The maximum absolute atomic E-state index is 12.8. The van der Waals surface area contributed by atoms with Gasteiger partial charge in [-0.15, -0.1) is 0 Å². The van der Waals surface area contributed by atoms with Crippen LogP contribution >= 0.6 is 0 Å². The van der Waals surface area contributed by atoms with Crippen LogP contribution in [0.15, 0.2) is 0 Å². The molecule has 5 heteroatoms. The van der Waals surface area contributed by atoms with E-state index in [4.69, 9.17) is 0 Å². The van der Waals surface area contributed by atoms with Gasteiger partial charge in [-0.1, -0.05) is 20.8 Å². The van der Waals surface area contributed by atoms with Gasteiger partial charge in [0.15, 0.2) is 0 Å². The second-order valence-electron chi connectivity index (χ2n) is 8.72. The predicted octanol–water partition coefficient (Wildman–Crippen LogP) is 2.43.